The summed E-state index contributed by atoms with van der Waals surface area (Å²) in [5.74, 6) is 0.702. The van der Waals surface area contributed by atoms with Crippen LogP contribution in [0.3, 0.4) is 0 Å². The van der Waals surface area contributed by atoms with Crippen molar-refractivity contribution in [2.24, 2.45) is 17.6 Å². The van der Waals surface area contributed by atoms with Gasteiger partial charge in [0.2, 0.25) is 5.91 Å². The number of hydrogen-bond acceptors (Lipinski definition) is 3. The second kappa shape index (κ2) is 5.02. The lowest BCUT2D eigenvalue weighted by Crippen LogP contribution is -2.54. The molecule has 0 radical (unpaired) electrons. The minimum Gasteiger partial charge on any atom is -0.347 e. The van der Waals surface area contributed by atoms with E-state index in [1.54, 1.807) is 11.3 Å². The number of amides is 1. The molecule has 1 aromatic rings. The molecule has 18 heavy (non-hydrogen) atoms. The molecule has 3 nitrogen and oxygen atoms in total. The molecule has 0 aromatic carbocycles. The summed E-state index contributed by atoms with van der Waals surface area (Å²) >= 11 is 1.68. The Morgan fingerprint density at radius 3 is 2.67 bits per heavy atom. The molecule has 0 aliphatic heterocycles. The van der Waals surface area contributed by atoms with Crippen LogP contribution in [0.25, 0.3) is 0 Å². The fraction of sp³-hybridized carbons (Fsp3) is 0.643. The smallest absolute Gasteiger partial charge is 0.240 e. The van der Waals surface area contributed by atoms with Crippen LogP contribution < -0.4 is 11.1 Å². The van der Waals surface area contributed by atoms with Gasteiger partial charge in [-0.2, -0.15) is 0 Å². The highest BCUT2D eigenvalue weighted by molar-refractivity contribution is 7.10. The largest absolute Gasteiger partial charge is 0.347 e. The van der Waals surface area contributed by atoms with E-state index in [1.165, 1.54) is 4.88 Å². The van der Waals surface area contributed by atoms with Crippen LogP contribution in [0.5, 0.6) is 0 Å². The number of carbonyl (C=O) groups is 1. The zero-order chi connectivity index (χ0) is 13.3. The van der Waals surface area contributed by atoms with E-state index in [1.807, 2.05) is 18.4 Å². The fourth-order valence-corrected chi connectivity index (χ4v) is 3.15. The Hall–Kier alpha value is -0.870. The maximum absolute atomic E-state index is 12.3. The van der Waals surface area contributed by atoms with E-state index < -0.39 is 5.54 Å². The van der Waals surface area contributed by atoms with Gasteiger partial charge in [-0.05, 0) is 43.0 Å². The number of nitrogens with two attached hydrogens (primary N) is 1. The van der Waals surface area contributed by atoms with Gasteiger partial charge >= 0.3 is 0 Å². The highest BCUT2D eigenvalue weighted by Crippen LogP contribution is 2.38. The van der Waals surface area contributed by atoms with Crippen molar-refractivity contribution in [1.29, 1.82) is 0 Å². The van der Waals surface area contributed by atoms with Crippen LogP contribution in [0.4, 0.5) is 0 Å². The first-order valence-electron chi connectivity index (χ1n) is 6.56. The van der Waals surface area contributed by atoms with E-state index in [0.29, 0.717) is 11.8 Å². The van der Waals surface area contributed by atoms with E-state index in [4.69, 9.17) is 5.73 Å². The van der Waals surface area contributed by atoms with Crippen LogP contribution >= 0.6 is 11.3 Å². The molecule has 4 heteroatoms. The molecule has 1 aromatic heterocycles. The zero-order valence-electron chi connectivity index (χ0n) is 11.3. The summed E-state index contributed by atoms with van der Waals surface area (Å²) in [5, 5.41) is 5.17. The number of nitrogens with one attached hydrogen (secondary N) is 1. The maximum Gasteiger partial charge on any atom is 0.240 e. The van der Waals surface area contributed by atoms with E-state index in [-0.39, 0.29) is 11.9 Å². The molecular weight excluding hydrogens is 244 g/mol. The molecule has 1 aliphatic rings. The number of thiophene rings is 1. The predicted molar refractivity (Wildman–Crippen MR) is 75.4 cm³/mol. The zero-order valence-corrected chi connectivity index (χ0v) is 12.1. The molecule has 1 fully saturated rings. The quantitative estimate of drug-likeness (QED) is 0.861. The van der Waals surface area contributed by atoms with Gasteiger partial charge in [0.1, 0.15) is 0 Å². The third-order valence-corrected chi connectivity index (χ3v) is 4.67. The lowest BCUT2D eigenvalue weighted by Gasteiger charge is -2.28. The number of rotatable bonds is 5. The molecular formula is C14H22N2OS. The Morgan fingerprint density at radius 1 is 1.56 bits per heavy atom. The standard InChI is InChI=1S/C14H22N2OS/c1-9(2)12(11-5-4-8-18-11)16-13(17)14(3,15)10-6-7-10/h4-5,8-10,12H,6-7,15H2,1-3H3,(H,16,17). The van der Waals surface area contributed by atoms with Crippen LogP contribution in [-0.4, -0.2) is 11.4 Å². The molecule has 0 spiro atoms. The maximum atomic E-state index is 12.3. The van der Waals surface area contributed by atoms with E-state index in [0.717, 1.165) is 12.8 Å². The first-order chi connectivity index (χ1) is 8.43. The van der Waals surface area contributed by atoms with E-state index in [2.05, 4.69) is 25.2 Å². The van der Waals surface area contributed by atoms with E-state index >= 15 is 0 Å². The minimum atomic E-state index is -0.718. The minimum absolute atomic E-state index is 0.0166. The first-order valence-corrected chi connectivity index (χ1v) is 7.44. The third-order valence-electron chi connectivity index (χ3n) is 3.72. The average molecular weight is 266 g/mol. The molecule has 0 saturated heterocycles. The Kier molecular flexibility index (Phi) is 3.78. The summed E-state index contributed by atoms with van der Waals surface area (Å²) in [7, 11) is 0. The molecule has 2 atom stereocenters. The van der Waals surface area contributed by atoms with Crippen LogP contribution in [-0.2, 0) is 4.79 Å². The highest BCUT2D eigenvalue weighted by atomic mass is 32.1. The molecule has 1 aliphatic carbocycles. The van der Waals surface area contributed by atoms with Crippen molar-refractivity contribution in [3.05, 3.63) is 22.4 Å². The van der Waals surface area contributed by atoms with Crippen LogP contribution in [0.2, 0.25) is 0 Å². The molecule has 3 N–H and O–H groups in total. The van der Waals surface area contributed by atoms with Gasteiger partial charge in [0.25, 0.3) is 0 Å². The second-order valence-electron chi connectivity index (χ2n) is 5.77. The van der Waals surface area contributed by atoms with Crippen LogP contribution in [0.15, 0.2) is 17.5 Å². The van der Waals surface area contributed by atoms with Gasteiger partial charge in [-0.3, -0.25) is 4.79 Å². The summed E-state index contributed by atoms with van der Waals surface area (Å²) in [5.41, 5.74) is 5.44. The summed E-state index contributed by atoms with van der Waals surface area (Å²) in [6.45, 7) is 6.09. The number of carbonyl (C=O) groups excluding carboxylic acids is 1. The van der Waals surface area contributed by atoms with Crippen LogP contribution in [0.1, 0.15) is 44.5 Å². The summed E-state index contributed by atoms with van der Waals surface area (Å²) in [6.07, 6.45) is 2.15. The molecule has 1 heterocycles. The van der Waals surface area contributed by atoms with Gasteiger partial charge in [0, 0.05) is 4.88 Å². The van der Waals surface area contributed by atoms with Crippen LogP contribution in [0, 0.1) is 11.8 Å². The van der Waals surface area contributed by atoms with Crippen molar-refractivity contribution in [2.45, 2.75) is 45.2 Å². The van der Waals surface area contributed by atoms with Gasteiger partial charge in [-0.1, -0.05) is 19.9 Å². The topological polar surface area (TPSA) is 55.1 Å². The van der Waals surface area contributed by atoms with Crippen molar-refractivity contribution in [1.82, 2.24) is 5.32 Å². The van der Waals surface area contributed by atoms with Gasteiger partial charge in [0.05, 0.1) is 11.6 Å². The second-order valence-corrected chi connectivity index (χ2v) is 6.75. The average Bonchev–Trinajstić information content (AvgIpc) is 3.03. The molecule has 1 amide bonds. The van der Waals surface area contributed by atoms with Gasteiger partial charge in [0.15, 0.2) is 0 Å². The molecule has 2 rings (SSSR count). The molecule has 2 unspecified atom stereocenters. The monoisotopic (exact) mass is 266 g/mol. The van der Waals surface area contributed by atoms with Gasteiger partial charge in [-0.25, -0.2) is 0 Å². The van der Waals surface area contributed by atoms with Gasteiger partial charge < -0.3 is 11.1 Å². The highest BCUT2D eigenvalue weighted by Gasteiger charge is 2.44. The number of hydrogen-bond donors (Lipinski definition) is 2. The summed E-state index contributed by atoms with van der Waals surface area (Å²) < 4.78 is 0. The van der Waals surface area contributed by atoms with Gasteiger partial charge in [-0.15, -0.1) is 11.3 Å². The molecule has 100 valence electrons. The Labute approximate surface area is 113 Å². The lowest BCUT2D eigenvalue weighted by atomic mass is 9.94. The van der Waals surface area contributed by atoms with Crippen molar-refractivity contribution >= 4 is 17.2 Å². The third kappa shape index (κ3) is 2.75. The summed E-state index contributed by atoms with van der Waals surface area (Å²) in [4.78, 5) is 13.5. The normalized spacial score (nSPS) is 20.5. The van der Waals surface area contributed by atoms with Crippen molar-refractivity contribution in [3.63, 3.8) is 0 Å². The van der Waals surface area contributed by atoms with Crippen molar-refractivity contribution in [2.75, 3.05) is 0 Å². The molecule has 0 bridgehead atoms. The fourth-order valence-electron chi connectivity index (χ4n) is 2.20. The van der Waals surface area contributed by atoms with Crippen molar-refractivity contribution < 1.29 is 4.79 Å². The Bertz CT molecular complexity index is 407. The molecule has 1 saturated carbocycles. The predicted octanol–water partition coefficient (Wildman–Crippen LogP) is 2.69. The Morgan fingerprint density at radius 2 is 2.22 bits per heavy atom. The first kappa shape index (κ1) is 13.6. The SMILES string of the molecule is CC(C)C(NC(=O)C(C)(N)C1CC1)c1cccs1. The Balaban J connectivity index is 2.08. The van der Waals surface area contributed by atoms with E-state index in [9.17, 15) is 4.79 Å². The van der Waals surface area contributed by atoms with Crippen molar-refractivity contribution in [3.8, 4) is 0 Å². The lowest BCUT2D eigenvalue weighted by molar-refractivity contribution is -0.127. The summed E-state index contributed by atoms with van der Waals surface area (Å²) in [6, 6.07) is 4.16.